The Labute approximate surface area is 122 Å². The fraction of sp³-hybridized carbons (Fsp3) is 0.267. The number of aromatic amines is 1. The average Bonchev–Trinajstić information content (AvgIpc) is 3.01. The third-order valence-corrected chi connectivity index (χ3v) is 3.64. The molecule has 3 aromatic rings. The van der Waals surface area contributed by atoms with Gasteiger partial charge in [-0.15, -0.1) is 0 Å². The number of rotatable bonds is 3. The monoisotopic (exact) mass is 283 g/mol. The molecule has 0 aliphatic heterocycles. The second kappa shape index (κ2) is 5.05. The van der Waals surface area contributed by atoms with E-state index in [1.807, 2.05) is 38.2 Å². The number of hydrogen-bond acceptors (Lipinski definition) is 3. The highest BCUT2D eigenvalue weighted by atomic mass is 16.2. The number of carbonyl (C=O) groups is 1. The van der Waals surface area contributed by atoms with Crippen LogP contribution in [-0.4, -0.2) is 37.6 Å². The van der Waals surface area contributed by atoms with E-state index >= 15 is 0 Å². The topological polar surface area (TPSA) is 66.8 Å². The Kier molecular flexibility index (Phi) is 3.21. The summed E-state index contributed by atoms with van der Waals surface area (Å²) in [4.78, 5) is 21.8. The van der Waals surface area contributed by atoms with Crippen molar-refractivity contribution < 1.29 is 4.79 Å². The van der Waals surface area contributed by atoms with Gasteiger partial charge in [-0.25, -0.2) is 4.98 Å². The lowest BCUT2D eigenvalue weighted by Gasteiger charge is -2.16. The molecule has 2 heterocycles. The second-order valence-corrected chi connectivity index (χ2v) is 5.13. The molecule has 6 heteroatoms. The van der Waals surface area contributed by atoms with Gasteiger partial charge in [0.2, 0.25) is 0 Å². The van der Waals surface area contributed by atoms with Crippen LogP contribution in [0.25, 0.3) is 10.9 Å². The van der Waals surface area contributed by atoms with Crippen molar-refractivity contribution in [3.63, 3.8) is 0 Å². The van der Waals surface area contributed by atoms with Gasteiger partial charge in [0, 0.05) is 30.7 Å². The minimum Gasteiger partial charge on any atom is -0.358 e. The van der Waals surface area contributed by atoms with Crippen molar-refractivity contribution in [1.29, 1.82) is 0 Å². The van der Waals surface area contributed by atoms with E-state index in [1.54, 1.807) is 16.6 Å². The maximum atomic E-state index is 12.7. The number of nitrogens with one attached hydrogen (secondary N) is 1. The number of aromatic nitrogens is 4. The molecule has 21 heavy (non-hydrogen) atoms. The molecular weight excluding hydrogens is 266 g/mol. The van der Waals surface area contributed by atoms with Crippen LogP contribution in [-0.2, 0) is 13.6 Å². The largest absolute Gasteiger partial charge is 0.358 e. The molecule has 0 radical (unpaired) electrons. The summed E-state index contributed by atoms with van der Waals surface area (Å²) in [6.45, 7) is 2.34. The van der Waals surface area contributed by atoms with E-state index in [-0.39, 0.29) is 5.91 Å². The van der Waals surface area contributed by atoms with Crippen molar-refractivity contribution >= 4 is 16.8 Å². The van der Waals surface area contributed by atoms with Crippen LogP contribution in [0.15, 0.2) is 30.6 Å². The Balaban J connectivity index is 1.93. The highest BCUT2D eigenvalue weighted by molar-refractivity contribution is 6.07. The zero-order valence-electron chi connectivity index (χ0n) is 12.3. The summed E-state index contributed by atoms with van der Waals surface area (Å²) < 4.78 is 1.67. The number of H-pyrrole nitrogens is 1. The molecule has 0 saturated heterocycles. The third-order valence-electron chi connectivity index (χ3n) is 3.64. The van der Waals surface area contributed by atoms with Crippen molar-refractivity contribution in [3.8, 4) is 0 Å². The van der Waals surface area contributed by atoms with E-state index in [0.717, 1.165) is 28.0 Å². The van der Waals surface area contributed by atoms with Gasteiger partial charge in [-0.3, -0.25) is 9.48 Å². The van der Waals surface area contributed by atoms with Gasteiger partial charge in [-0.2, -0.15) is 5.10 Å². The van der Waals surface area contributed by atoms with Crippen molar-refractivity contribution in [1.82, 2.24) is 24.6 Å². The fourth-order valence-electron chi connectivity index (χ4n) is 2.49. The number of aryl methyl sites for hydroxylation is 2. The molecular formula is C15H17N5O. The molecule has 2 aromatic heterocycles. The van der Waals surface area contributed by atoms with Crippen molar-refractivity contribution in [2.75, 3.05) is 7.05 Å². The van der Waals surface area contributed by atoms with E-state index in [4.69, 9.17) is 0 Å². The molecule has 0 unspecified atom stereocenters. The summed E-state index contributed by atoms with van der Waals surface area (Å²) in [6.07, 6.45) is 1.49. The van der Waals surface area contributed by atoms with Gasteiger partial charge in [0.05, 0.1) is 12.1 Å². The predicted molar refractivity (Wildman–Crippen MR) is 79.8 cm³/mol. The highest BCUT2D eigenvalue weighted by Crippen LogP contribution is 2.23. The molecule has 1 aromatic carbocycles. The summed E-state index contributed by atoms with van der Waals surface area (Å²) in [5, 5.41) is 4.97. The normalized spacial score (nSPS) is 11.0. The Morgan fingerprint density at radius 3 is 2.86 bits per heavy atom. The lowest BCUT2D eigenvalue weighted by Crippen LogP contribution is -2.28. The molecule has 0 aliphatic carbocycles. The quantitative estimate of drug-likeness (QED) is 0.798. The number of para-hydroxylation sites is 1. The Morgan fingerprint density at radius 1 is 1.38 bits per heavy atom. The van der Waals surface area contributed by atoms with Crippen LogP contribution in [0.5, 0.6) is 0 Å². The summed E-state index contributed by atoms with van der Waals surface area (Å²) in [5.41, 5.74) is 2.58. The predicted octanol–water partition coefficient (Wildman–Crippen LogP) is 1.88. The summed E-state index contributed by atoms with van der Waals surface area (Å²) in [6, 6.07) is 7.83. The van der Waals surface area contributed by atoms with Crippen LogP contribution in [0.1, 0.15) is 21.9 Å². The lowest BCUT2D eigenvalue weighted by molar-refractivity contribution is 0.0781. The first-order valence-electron chi connectivity index (χ1n) is 6.73. The van der Waals surface area contributed by atoms with Crippen molar-refractivity contribution in [2.45, 2.75) is 13.5 Å². The van der Waals surface area contributed by atoms with Gasteiger partial charge in [0.15, 0.2) is 0 Å². The van der Waals surface area contributed by atoms with Crippen LogP contribution < -0.4 is 0 Å². The first kappa shape index (κ1) is 13.4. The molecule has 3 rings (SSSR count). The van der Waals surface area contributed by atoms with E-state index in [0.29, 0.717) is 6.54 Å². The van der Waals surface area contributed by atoms with E-state index in [2.05, 4.69) is 15.1 Å². The van der Waals surface area contributed by atoms with E-state index in [9.17, 15) is 4.79 Å². The third kappa shape index (κ3) is 2.29. The van der Waals surface area contributed by atoms with Gasteiger partial charge in [0.1, 0.15) is 12.2 Å². The van der Waals surface area contributed by atoms with E-state index < -0.39 is 0 Å². The highest BCUT2D eigenvalue weighted by Gasteiger charge is 2.20. The van der Waals surface area contributed by atoms with Crippen LogP contribution in [0.3, 0.4) is 0 Å². The molecule has 6 nitrogen and oxygen atoms in total. The van der Waals surface area contributed by atoms with E-state index in [1.165, 1.54) is 6.33 Å². The molecule has 1 amide bonds. The van der Waals surface area contributed by atoms with Gasteiger partial charge >= 0.3 is 0 Å². The van der Waals surface area contributed by atoms with Crippen LogP contribution >= 0.6 is 0 Å². The maximum Gasteiger partial charge on any atom is 0.256 e. The van der Waals surface area contributed by atoms with Crippen molar-refractivity contribution in [3.05, 3.63) is 47.7 Å². The first-order valence-corrected chi connectivity index (χ1v) is 6.73. The fourth-order valence-corrected chi connectivity index (χ4v) is 2.49. The zero-order valence-corrected chi connectivity index (χ0v) is 12.3. The molecule has 0 atom stereocenters. The number of hydrogen-bond donors (Lipinski definition) is 1. The molecule has 0 spiro atoms. The smallest absolute Gasteiger partial charge is 0.256 e. The lowest BCUT2D eigenvalue weighted by atomic mass is 10.1. The second-order valence-electron chi connectivity index (χ2n) is 5.13. The summed E-state index contributed by atoms with van der Waals surface area (Å²) in [5.74, 6) is 0.733. The standard InChI is InChI=1S/C15H17N5O/c1-10-14(11-6-4-5-7-12(11)18-10)15(21)19(2)8-13-16-9-17-20(13)3/h4-7,9,18H,8H2,1-3H3. The Hall–Kier alpha value is -2.63. The van der Waals surface area contributed by atoms with Gasteiger partial charge < -0.3 is 9.88 Å². The number of amides is 1. The minimum absolute atomic E-state index is 0.0204. The molecule has 0 aliphatic rings. The first-order chi connectivity index (χ1) is 10.1. The number of carbonyl (C=O) groups excluding carboxylic acids is 1. The molecule has 0 fully saturated rings. The Bertz CT molecular complexity index is 801. The molecule has 1 N–H and O–H groups in total. The molecule has 0 saturated carbocycles. The minimum atomic E-state index is -0.0204. The number of fused-ring (bicyclic) bond motifs is 1. The Morgan fingerprint density at radius 2 is 2.14 bits per heavy atom. The van der Waals surface area contributed by atoms with Gasteiger partial charge in [-0.1, -0.05) is 18.2 Å². The summed E-state index contributed by atoms with van der Waals surface area (Å²) in [7, 11) is 3.59. The van der Waals surface area contributed by atoms with Crippen LogP contribution in [0, 0.1) is 6.92 Å². The zero-order chi connectivity index (χ0) is 15.0. The van der Waals surface area contributed by atoms with Crippen molar-refractivity contribution in [2.24, 2.45) is 7.05 Å². The maximum absolute atomic E-state index is 12.7. The number of benzene rings is 1. The number of nitrogens with zero attached hydrogens (tertiary/aromatic N) is 4. The van der Waals surface area contributed by atoms with Gasteiger partial charge in [-0.05, 0) is 13.0 Å². The average molecular weight is 283 g/mol. The molecule has 108 valence electrons. The van der Waals surface area contributed by atoms with Crippen LogP contribution in [0.2, 0.25) is 0 Å². The SMILES string of the molecule is Cc1[nH]c2ccccc2c1C(=O)N(C)Cc1ncnn1C. The van der Waals surface area contributed by atoms with Gasteiger partial charge in [0.25, 0.3) is 5.91 Å². The molecule has 0 bridgehead atoms. The van der Waals surface area contributed by atoms with Crippen LogP contribution in [0.4, 0.5) is 0 Å². The summed E-state index contributed by atoms with van der Waals surface area (Å²) >= 11 is 0.